The summed E-state index contributed by atoms with van der Waals surface area (Å²) in [5.74, 6) is 2.57. The second-order valence-electron chi connectivity index (χ2n) is 4.61. The van der Waals surface area contributed by atoms with Crippen LogP contribution in [0.4, 0.5) is 0 Å². The van der Waals surface area contributed by atoms with Crippen molar-refractivity contribution in [3.63, 3.8) is 0 Å². The van der Waals surface area contributed by atoms with Crippen LogP contribution >= 0.6 is 11.8 Å². The van der Waals surface area contributed by atoms with Crippen LogP contribution < -0.4 is 5.32 Å². The Morgan fingerprint density at radius 3 is 3.06 bits per heavy atom. The Morgan fingerprint density at radius 1 is 1.56 bits per heavy atom. The summed E-state index contributed by atoms with van der Waals surface area (Å²) < 4.78 is 2.00. The van der Waals surface area contributed by atoms with Crippen LogP contribution in [-0.4, -0.2) is 38.5 Å². The molecule has 0 bridgehead atoms. The summed E-state index contributed by atoms with van der Waals surface area (Å²) in [5, 5.41) is 16.6. The van der Waals surface area contributed by atoms with Gasteiger partial charge >= 0.3 is 0 Å². The molecule has 0 amide bonds. The first-order valence-corrected chi connectivity index (χ1v) is 7.28. The van der Waals surface area contributed by atoms with Gasteiger partial charge in [-0.2, -0.15) is 0 Å². The topological polar surface area (TPSA) is 55.6 Å². The Labute approximate surface area is 112 Å². The fraction of sp³-hybridized carbons (Fsp3) is 0.750. The number of hydrogen-bond donors (Lipinski definition) is 1. The molecule has 6 heteroatoms. The molecule has 0 aliphatic heterocycles. The highest BCUT2D eigenvalue weighted by molar-refractivity contribution is 7.99. The molecular weight excluding hydrogens is 246 g/mol. The SMILES string of the molecule is C#CCNCC(C)Sc1nnnn1C1CCCC1. The van der Waals surface area contributed by atoms with Crippen molar-refractivity contribution in [1.29, 1.82) is 0 Å². The third-order valence-electron chi connectivity index (χ3n) is 3.10. The van der Waals surface area contributed by atoms with Crippen LogP contribution in [0.15, 0.2) is 5.16 Å². The molecule has 1 fully saturated rings. The molecule has 1 unspecified atom stereocenters. The predicted octanol–water partition coefficient (Wildman–Crippen LogP) is 1.49. The molecule has 1 aromatic rings. The summed E-state index contributed by atoms with van der Waals surface area (Å²) in [6.45, 7) is 3.63. The highest BCUT2D eigenvalue weighted by Gasteiger charge is 2.22. The quantitative estimate of drug-likeness (QED) is 0.480. The highest BCUT2D eigenvalue weighted by atomic mass is 32.2. The summed E-state index contributed by atoms with van der Waals surface area (Å²) in [5.41, 5.74) is 0. The van der Waals surface area contributed by atoms with Gasteiger partial charge in [0.2, 0.25) is 5.16 Å². The number of thioether (sulfide) groups is 1. The van der Waals surface area contributed by atoms with Crippen molar-refractivity contribution in [2.75, 3.05) is 13.1 Å². The van der Waals surface area contributed by atoms with Crippen LogP contribution in [0.2, 0.25) is 0 Å². The van der Waals surface area contributed by atoms with Gasteiger partial charge in [-0.3, -0.25) is 0 Å². The summed E-state index contributed by atoms with van der Waals surface area (Å²) in [6, 6.07) is 0.494. The first-order chi connectivity index (χ1) is 8.81. The van der Waals surface area contributed by atoms with E-state index in [9.17, 15) is 0 Å². The Bertz CT molecular complexity index is 405. The maximum absolute atomic E-state index is 5.20. The first kappa shape index (κ1) is 13.4. The minimum absolute atomic E-state index is 0.407. The normalized spacial score (nSPS) is 17.8. The fourth-order valence-electron chi connectivity index (χ4n) is 2.21. The Balaban J connectivity index is 1.89. The van der Waals surface area contributed by atoms with Crippen LogP contribution in [0.3, 0.4) is 0 Å². The van der Waals surface area contributed by atoms with Gasteiger partial charge in [0.1, 0.15) is 0 Å². The molecule has 0 radical (unpaired) electrons. The van der Waals surface area contributed by atoms with Gasteiger partial charge < -0.3 is 5.32 Å². The van der Waals surface area contributed by atoms with E-state index < -0.39 is 0 Å². The molecule has 18 heavy (non-hydrogen) atoms. The molecule has 1 heterocycles. The van der Waals surface area contributed by atoms with Crippen molar-refractivity contribution in [3.8, 4) is 12.3 Å². The maximum Gasteiger partial charge on any atom is 0.209 e. The van der Waals surface area contributed by atoms with E-state index in [2.05, 4.69) is 33.7 Å². The van der Waals surface area contributed by atoms with Crippen LogP contribution in [0.1, 0.15) is 38.6 Å². The van der Waals surface area contributed by atoms with E-state index in [0.717, 1.165) is 11.7 Å². The summed E-state index contributed by atoms with van der Waals surface area (Å²) in [7, 11) is 0. The lowest BCUT2D eigenvalue weighted by atomic mass is 10.3. The molecule has 5 nitrogen and oxygen atoms in total. The van der Waals surface area contributed by atoms with E-state index in [0.29, 0.717) is 17.8 Å². The lowest BCUT2D eigenvalue weighted by Gasteiger charge is -2.14. The van der Waals surface area contributed by atoms with Gasteiger partial charge in [-0.25, -0.2) is 4.68 Å². The Hall–Kier alpha value is -1.06. The van der Waals surface area contributed by atoms with E-state index in [-0.39, 0.29) is 0 Å². The predicted molar refractivity (Wildman–Crippen MR) is 72.3 cm³/mol. The van der Waals surface area contributed by atoms with Crippen molar-refractivity contribution < 1.29 is 0 Å². The maximum atomic E-state index is 5.20. The molecule has 1 saturated carbocycles. The fourth-order valence-corrected chi connectivity index (χ4v) is 3.15. The number of nitrogens with one attached hydrogen (secondary N) is 1. The smallest absolute Gasteiger partial charge is 0.209 e. The monoisotopic (exact) mass is 265 g/mol. The van der Waals surface area contributed by atoms with Crippen molar-refractivity contribution in [1.82, 2.24) is 25.5 Å². The van der Waals surface area contributed by atoms with Gasteiger partial charge in [-0.1, -0.05) is 37.4 Å². The highest BCUT2D eigenvalue weighted by Crippen LogP contribution is 2.32. The number of aromatic nitrogens is 4. The summed E-state index contributed by atoms with van der Waals surface area (Å²) in [4.78, 5) is 0. The van der Waals surface area contributed by atoms with E-state index >= 15 is 0 Å². The zero-order chi connectivity index (χ0) is 12.8. The molecule has 1 atom stereocenters. The van der Waals surface area contributed by atoms with E-state index in [4.69, 9.17) is 6.42 Å². The number of hydrogen-bond acceptors (Lipinski definition) is 5. The van der Waals surface area contributed by atoms with Crippen LogP contribution in [-0.2, 0) is 0 Å². The summed E-state index contributed by atoms with van der Waals surface area (Å²) in [6.07, 6.45) is 10.2. The number of terminal acetylenes is 1. The molecule has 1 aromatic heterocycles. The van der Waals surface area contributed by atoms with Gasteiger partial charge in [-0.15, -0.1) is 11.5 Å². The van der Waals surface area contributed by atoms with Gasteiger partial charge in [0.05, 0.1) is 12.6 Å². The molecule has 0 spiro atoms. The van der Waals surface area contributed by atoms with Crippen molar-refractivity contribution in [2.45, 2.75) is 49.1 Å². The van der Waals surface area contributed by atoms with Crippen molar-refractivity contribution in [2.24, 2.45) is 0 Å². The number of rotatable bonds is 6. The lowest BCUT2D eigenvalue weighted by Crippen LogP contribution is -2.23. The van der Waals surface area contributed by atoms with Crippen molar-refractivity contribution in [3.05, 3.63) is 0 Å². The number of tetrazole rings is 1. The molecule has 1 aliphatic rings. The van der Waals surface area contributed by atoms with Crippen LogP contribution in [0.25, 0.3) is 0 Å². The third kappa shape index (κ3) is 3.47. The first-order valence-electron chi connectivity index (χ1n) is 6.40. The molecule has 98 valence electrons. The van der Waals surface area contributed by atoms with Crippen molar-refractivity contribution >= 4 is 11.8 Å². The Kier molecular flexibility index (Phi) is 5.02. The third-order valence-corrected chi connectivity index (χ3v) is 4.15. The van der Waals surface area contributed by atoms with E-state index in [1.54, 1.807) is 11.8 Å². The van der Waals surface area contributed by atoms with Gasteiger partial charge in [-0.05, 0) is 23.3 Å². The van der Waals surface area contributed by atoms with Crippen LogP contribution in [0, 0.1) is 12.3 Å². The summed E-state index contributed by atoms with van der Waals surface area (Å²) >= 11 is 1.71. The minimum Gasteiger partial charge on any atom is -0.305 e. The molecule has 2 rings (SSSR count). The lowest BCUT2D eigenvalue weighted by molar-refractivity contribution is 0.422. The number of nitrogens with zero attached hydrogens (tertiary/aromatic N) is 4. The van der Waals surface area contributed by atoms with Crippen LogP contribution in [0.5, 0.6) is 0 Å². The molecule has 0 aromatic carbocycles. The second-order valence-corrected chi connectivity index (χ2v) is 6.01. The standard InChI is InChI=1S/C12H19N5S/c1-3-8-13-9-10(2)18-12-14-15-16-17(12)11-6-4-5-7-11/h1,10-11,13H,4-9H2,2H3. The average Bonchev–Trinajstić information content (AvgIpc) is 2.99. The van der Waals surface area contributed by atoms with E-state index in [1.807, 2.05) is 4.68 Å². The molecule has 1 N–H and O–H groups in total. The van der Waals surface area contributed by atoms with Gasteiger partial charge in [0.25, 0.3) is 0 Å². The average molecular weight is 265 g/mol. The minimum atomic E-state index is 0.407. The van der Waals surface area contributed by atoms with Gasteiger partial charge in [0, 0.05) is 11.8 Å². The Morgan fingerprint density at radius 2 is 2.33 bits per heavy atom. The zero-order valence-corrected chi connectivity index (χ0v) is 11.5. The van der Waals surface area contributed by atoms with E-state index in [1.165, 1.54) is 25.7 Å². The largest absolute Gasteiger partial charge is 0.305 e. The molecular formula is C12H19N5S. The molecule has 0 saturated heterocycles. The second kappa shape index (κ2) is 6.76. The molecule has 1 aliphatic carbocycles. The zero-order valence-electron chi connectivity index (χ0n) is 10.7. The van der Waals surface area contributed by atoms with Gasteiger partial charge in [0.15, 0.2) is 0 Å².